The molecular formula is C26H30FNO2. The van der Waals surface area contributed by atoms with Crippen molar-refractivity contribution in [3.05, 3.63) is 65.1 Å². The Labute approximate surface area is 177 Å². The Balaban J connectivity index is 1.70. The number of hydrogen-bond donors (Lipinski definition) is 0. The molecule has 3 nitrogen and oxygen atoms in total. The molecule has 2 aromatic carbocycles. The van der Waals surface area contributed by atoms with Crippen molar-refractivity contribution in [2.45, 2.75) is 44.4 Å². The molecule has 0 unspecified atom stereocenters. The van der Waals surface area contributed by atoms with Crippen molar-refractivity contribution in [2.75, 3.05) is 26.9 Å². The highest BCUT2D eigenvalue weighted by Crippen LogP contribution is 2.49. The number of aromatic nitrogens is 1. The molecular weight excluding hydrogens is 377 g/mol. The summed E-state index contributed by atoms with van der Waals surface area (Å²) in [5.41, 5.74) is 5.91. The molecule has 0 bridgehead atoms. The predicted molar refractivity (Wildman–Crippen MR) is 118 cm³/mol. The third kappa shape index (κ3) is 3.36. The molecule has 30 heavy (non-hydrogen) atoms. The fraction of sp³-hybridized carbons (Fsp3) is 0.462. The van der Waals surface area contributed by atoms with E-state index in [0.717, 1.165) is 38.3 Å². The number of benzene rings is 2. The van der Waals surface area contributed by atoms with Crippen LogP contribution in [0.4, 0.5) is 4.39 Å². The molecule has 3 aromatic rings. The Morgan fingerprint density at radius 3 is 2.57 bits per heavy atom. The number of methoxy groups -OCH3 is 1. The van der Waals surface area contributed by atoms with Gasteiger partial charge < -0.3 is 14.0 Å². The van der Waals surface area contributed by atoms with Gasteiger partial charge in [0, 0.05) is 49.6 Å². The first kappa shape index (κ1) is 19.8. The number of aryl methyl sites for hydroxylation is 1. The summed E-state index contributed by atoms with van der Waals surface area (Å²) in [6.07, 6.45) is 4.44. The van der Waals surface area contributed by atoms with E-state index in [0.29, 0.717) is 23.3 Å². The van der Waals surface area contributed by atoms with Gasteiger partial charge in [-0.05, 0) is 79.8 Å². The Hall–Kier alpha value is -2.17. The van der Waals surface area contributed by atoms with Crippen LogP contribution in [0.2, 0.25) is 0 Å². The highest BCUT2D eigenvalue weighted by atomic mass is 19.1. The van der Waals surface area contributed by atoms with Gasteiger partial charge in [0.2, 0.25) is 0 Å². The number of hydrogen-bond acceptors (Lipinski definition) is 2. The fourth-order valence-electron chi connectivity index (χ4n) is 5.48. The average Bonchev–Trinajstić information content (AvgIpc) is 3.08. The van der Waals surface area contributed by atoms with E-state index in [2.05, 4.69) is 28.8 Å². The van der Waals surface area contributed by atoms with E-state index >= 15 is 0 Å². The third-order valence-corrected chi connectivity index (χ3v) is 7.01. The lowest BCUT2D eigenvalue weighted by Crippen LogP contribution is -2.27. The molecule has 2 aliphatic rings. The normalized spacial score (nSPS) is 22.4. The van der Waals surface area contributed by atoms with E-state index in [1.807, 2.05) is 19.1 Å². The van der Waals surface area contributed by atoms with E-state index in [1.54, 1.807) is 13.2 Å². The van der Waals surface area contributed by atoms with Gasteiger partial charge in [-0.3, -0.25) is 0 Å². The summed E-state index contributed by atoms with van der Waals surface area (Å²) in [7, 11) is 1.80. The molecule has 0 N–H and O–H groups in total. The second-order valence-corrected chi connectivity index (χ2v) is 8.96. The van der Waals surface area contributed by atoms with Crippen LogP contribution in [0.1, 0.15) is 54.3 Å². The van der Waals surface area contributed by atoms with Crippen molar-refractivity contribution in [1.82, 2.24) is 4.57 Å². The average molecular weight is 408 g/mol. The zero-order valence-electron chi connectivity index (χ0n) is 17.9. The van der Waals surface area contributed by atoms with E-state index in [4.69, 9.17) is 9.47 Å². The molecule has 158 valence electrons. The first-order valence-corrected chi connectivity index (χ1v) is 11.1. The zero-order valence-corrected chi connectivity index (χ0v) is 17.9. The molecule has 0 radical (unpaired) electrons. The van der Waals surface area contributed by atoms with E-state index in [9.17, 15) is 4.39 Å². The number of fused-ring (bicyclic) bond motifs is 1. The van der Waals surface area contributed by atoms with Crippen molar-refractivity contribution >= 4 is 10.9 Å². The Morgan fingerprint density at radius 1 is 1.07 bits per heavy atom. The first-order valence-electron chi connectivity index (χ1n) is 11.1. The van der Waals surface area contributed by atoms with Crippen molar-refractivity contribution in [2.24, 2.45) is 5.92 Å². The van der Waals surface area contributed by atoms with Gasteiger partial charge in [-0.1, -0.05) is 18.2 Å². The summed E-state index contributed by atoms with van der Waals surface area (Å²) in [4.78, 5) is 0. The van der Waals surface area contributed by atoms with Gasteiger partial charge in [-0.2, -0.15) is 0 Å². The summed E-state index contributed by atoms with van der Waals surface area (Å²) < 4.78 is 27.6. The fourth-order valence-corrected chi connectivity index (χ4v) is 5.48. The van der Waals surface area contributed by atoms with Crippen LogP contribution in [0.3, 0.4) is 0 Å². The van der Waals surface area contributed by atoms with Crippen LogP contribution >= 0.6 is 0 Å². The van der Waals surface area contributed by atoms with Gasteiger partial charge in [-0.15, -0.1) is 0 Å². The van der Waals surface area contributed by atoms with Crippen molar-refractivity contribution in [1.29, 1.82) is 0 Å². The Bertz CT molecular complexity index is 1040. The molecule has 1 aliphatic carbocycles. The highest BCUT2D eigenvalue weighted by Gasteiger charge is 2.37. The number of ether oxygens (including phenoxy) is 2. The van der Waals surface area contributed by atoms with Gasteiger partial charge in [0.1, 0.15) is 5.82 Å². The molecule has 4 heteroatoms. The van der Waals surface area contributed by atoms with Crippen LogP contribution in [-0.4, -0.2) is 31.5 Å². The number of halogens is 1. The molecule has 2 fully saturated rings. The van der Waals surface area contributed by atoms with E-state index in [-0.39, 0.29) is 5.82 Å². The molecule has 5 rings (SSSR count). The molecule has 1 saturated carbocycles. The summed E-state index contributed by atoms with van der Waals surface area (Å²) in [5, 5.41) is 1.35. The quantitative estimate of drug-likeness (QED) is 0.509. The largest absolute Gasteiger partial charge is 0.384 e. The van der Waals surface area contributed by atoms with Gasteiger partial charge in [-0.25, -0.2) is 4.39 Å². The minimum Gasteiger partial charge on any atom is -0.384 e. The van der Waals surface area contributed by atoms with Gasteiger partial charge >= 0.3 is 0 Å². The Kier molecular flexibility index (Phi) is 5.38. The molecule has 1 aromatic heterocycles. The highest BCUT2D eigenvalue weighted by molar-refractivity contribution is 5.88. The van der Waals surface area contributed by atoms with Gasteiger partial charge in [0.25, 0.3) is 0 Å². The maximum absolute atomic E-state index is 14.1. The molecule has 1 saturated heterocycles. The minimum absolute atomic E-state index is 0.149. The lowest BCUT2D eigenvalue weighted by atomic mass is 9.70. The van der Waals surface area contributed by atoms with Crippen LogP contribution < -0.4 is 0 Å². The topological polar surface area (TPSA) is 23.4 Å². The van der Waals surface area contributed by atoms with Crippen LogP contribution in [0.25, 0.3) is 16.6 Å². The monoisotopic (exact) mass is 407 g/mol. The van der Waals surface area contributed by atoms with Gasteiger partial charge in [0.05, 0.1) is 5.52 Å². The van der Waals surface area contributed by atoms with Gasteiger partial charge in [0.15, 0.2) is 0 Å². The first-order chi connectivity index (χ1) is 14.7. The zero-order chi connectivity index (χ0) is 20.7. The molecule has 0 atom stereocenters. The lowest BCUT2D eigenvalue weighted by Gasteiger charge is -2.37. The number of nitrogens with zero attached hydrogens (tertiary/aromatic N) is 1. The number of rotatable bonds is 5. The maximum atomic E-state index is 14.1. The number of para-hydroxylation sites is 1. The summed E-state index contributed by atoms with van der Waals surface area (Å²) in [6.45, 7) is 4.32. The van der Waals surface area contributed by atoms with Crippen LogP contribution in [0.15, 0.2) is 42.5 Å². The molecule has 2 heterocycles. The van der Waals surface area contributed by atoms with Crippen LogP contribution in [0, 0.1) is 18.7 Å². The molecule has 0 spiro atoms. The standard InChI is InChI=1S/C26H30FNO2/c1-17-13-21(7-8-23(17)27)28-24-6-4-3-5-22(24)25(20-14-18(15-20)16-29-2)26(28)19-9-11-30-12-10-19/h3-8,13,18-20H,9-12,14-16H2,1-2H3. The predicted octanol–water partition coefficient (Wildman–Crippen LogP) is 6.11. The lowest BCUT2D eigenvalue weighted by molar-refractivity contribution is 0.0824. The Morgan fingerprint density at radius 2 is 1.83 bits per heavy atom. The van der Waals surface area contributed by atoms with Crippen LogP contribution in [-0.2, 0) is 9.47 Å². The van der Waals surface area contributed by atoms with Crippen molar-refractivity contribution < 1.29 is 13.9 Å². The maximum Gasteiger partial charge on any atom is 0.126 e. The second-order valence-electron chi connectivity index (χ2n) is 8.96. The summed E-state index contributed by atoms with van der Waals surface area (Å²) in [6, 6.07) is 14.3. The summed E-state index contributed by atoms with van der Waals surface area (Å²) >= 11 is 0. The van der Waals surface area contributed by atoms with E-state index in [1.165, 1.54) is 35.0 Å². The van der Waals surface area contributed by atoms with Crippen LogP contribution in [0.5, 0.6) is 0 Å². The summed E-state index contributed by atoms with van der Waals surface area (Å²) in [5.74, 6) is 1.53. The molecule has 0 amide bonds. The smallest absolute Gasteiger partial charge is 0.126 e. The SMILES string of the molecule is COCC1CC(c2c(C3CCOCC3)n(-c3ccc(F)c(C)c3)c3ccccc23)C1. The minimum atomic E-state index is -0.149. The van der Waals surface area contributed by atoms with E-state index < -0.39 is 0 Å². The van der Waals surface area contributed by atoms with Crippen molar-refractivity contribution in [3.8, 4) is 5.69 Å². The molecule has 1 aliphatic heterocycles. The van der Waals surface area contributed by atoms with Crippen molar-refractivity contribution in [3.63, 3.8) is 0 Å². The third-order valence-electron chi connectivity index (χ3n) is 7.01. The second kappa shape index (κ2) is 8.16.